The molecular formula is C17H20N5Si. The summed E-state index contributed by atoms with van der Waals surface area (Å²) < 4.78 is 0. The second-order valence-electron chi connectivity index (χ2n) is 6.41. The molecule has 1 saturated carbocycles. The maximum absolute atomic E-state index is 9.15. The van der Waals surface area contributed by atoms with Crippen molar-refractivity contribution in [2.24, 2.45) is 0 Å². The van der Waals surface area contributed by atoms with Gasteiger partial charge in [0.1, 0.15) is 23.4 Å². The molecular weight excluding hydrogens is 302 g/mol. The highest BCUT2D eigenvalue weighted by Crippen LogP contribution is 2.31. The van der Waals surface area contributed by atoms with E-state index in [1.807, 2.05) is 12.3 Å². The molecule has 2 N–H and O–H groups in total. The van der Waals surface area contributed by atoms with Gasteiger partial charge in [-0.15, -0.1) is 0 Å². The second kappa shape index (κ2) is 6.55. The van der Waals surface area contributed by atoms with Crippen molar-refractivity contribution in [3.8, 4) is 6.07 Å². The zero-order valence-corrected chi connectivity index (χ0v) is 14.4. The van der Waals surface area contributed by atoms with E-state index in [0.29, 0.717) is 17.3 Å². The van der Waals surface area contributed by atoms with Gasteiger partial charge in [0.25, 0.3) is 0 Å². The van der Waals surface area contributed by atoms with Crippen molar-refractivity contribution in [2.45, 2.75) is 50.7 Å². The van der Waals surface area contributed by atoms with Gasteiger partial charge >= 0.3 is 0 Å². The van der Waals surface area contributed by atoms with E-state index in [1.165, 1.54) is 6.42 Å². The van der Waals surface area contributed by atoms with Crippen LogP contribution in [0.15, 0.2) is 18.3 Å². The number of nitriles is 1. The third-order valence-electron chi connectivity index (χ3n) is 4.04. The molecule has 1 fully saturated rings. The van der Waals surface area contributed by atoms with Crippen LogP contribution in [-0.4, -0.2) is 32.3 Å². The van der Waals surface area contributed by atoms with E-state index in [2.05, 4.69) is 50.8 Å². The summed E-state index contributed by atoms with van der Waals surface area (Å²) in [6.45, 7) is 4.11. The zero-order chi connectivity index (χ0) is 16.4. The summed E-state index contributed by atoms with van der Waals surface area (Å²) >= 11 is 0. The van der Waals surface area contributed by atoms with Crippen LogP contribution < -0.4 is 10.6 Å². The van der Waals surface area contributed by atoms with Crippen LogP contribution in [0.1, 0.15) is 38.8 Å². The Morgan fingerprint density at radius 2 is 2.17 bits per heavy atom. The largest absolute Gasteiger partial charge is 0.367 e. The van der Waals surface area contributed by atoms with Gasteiger partial charge in [-0.1, -0.05) is 12.0 Å². The first-order valence-corrected chi connectivity index (χ1v) is 8.58. The van der Waals surface area contributed by atoms with Crippen LogP contribution in [-0.2, 0) is 0 Å². The number of nitrogens with zero attached hydrogens (tertiary/aromatic N) is 3. The van der Waals surface area contributed by atoms with Gasteiger partial charge in [0.2, 0.25) is 0 Å². The summed E-state index contributed by atoms with van der Waals surface area (Å²) in [7, 11) is 3.73. The van der Waals surface area contributed by atoms with Gasteiger partial charge in [0.05, 0.1) is 0 Å². The van der Waals surface area contributed by atoms with Crippen LogP contribution >= 0.6 is 0 Å². The fourth-order valence-corrected chi connectivity index (χ4v) is 3.44. The standard InChI is InChI=1S/C17H20N5Si/c1-10(2)20-17-15-7-16(21-12-3-4-14(23)6-12)19-9-11(15)5-13(8-18)22-17/h5,7,9-10,12,14H,3-4,6H2,1-2H3,(H,19,21)(H,20,22)/t12?,14-/m0/s1. The molecule has 1 aliphatic carbocycles. The highest BCUT2D eigenvalue weighted by Gasteiger charge is 2.21. The van der Waals surface area contributed by atoms with E-state index in [4.69, 9.17) is 5.26 Å². The predicted octanol–water partition coefficient (Wildman–Crippen LogP) is 3.24. The fourth-order valence-electron chi connectivity index (χ4n) is 2.99. The summed E-state index contributed by atoms with van der Waals surface area (Å²) in [5, 5.41) is 17.9. The highest BCUT2D eigenvalue weighted by molar-refractivity contribution is 6.11. The summed E-state index contributed by atoms with van der Waals surface area (Å²) in [5.74, 6) is 1.60. The van der Waals surface area contributed by atoms with Gasteiger partial charge in [0.15, 0.2) is 0 Å². The van der Waals surface area contributed by atoms with Gasteiger partial charge < -0.3 is 10.6 Å². The number of fused-ring (bicyclic) bond motifs is 1. The SMILES string of the molecule is CC(C)Nc1nc(C#N)cc2cnc(NC3CC[C@H]([Si])C3)cc12. The molecule has 2 aromatic rings. The maximum atomic E-state index is 9.15. The molecule has 0 spiro atoms. The summed E-state index contributed by atoms with van der Waals surface area (Å²) in [4.78, 5) is 8.91. The van der Waals surface area contributed by atoms with Gasteiger partial charge in [-0.3, -0.25) is 0 Å². The van der Waals surface area contributed by atoms with Crippen molar-refractivity contribution in [1.82, 2.24) is 9.97 Å². The van der Waals surface area contributed by atoms with Crippen LogP contribution in [0.4, 0.5) is 11.6 Å². The van der Waals surface area contributed by atoms with Crippen LogP contribution in [0.5, 0.6) is 0 Å². The second-order valence-corrected chi connectivity index (χ2v) is 7.23. The lowest BCUT2D eigenvalue weighted by Gasteiger charge is -2.16. The van der Waals surface area contributed by atoms with Gasteiger partial charge in [-0.2, -0.15) is 5.26 Å². The van der Waals surface area contributed by atoms with Crippen LogP contribution in [0.25, 0.3) is 10.8 Å². The average molecular weight is 322 g/mol. The minimum absolute atomic E-state index is 0.243. The molecule has 3 radical (unpaired) electrons. The lowest BCUT2D eigenvalue weighted by molar-refractivity contribution is 0.751. The lowest BCUT2D eigenvalue weighted by Crippen LogP contribution is -2.16. The first-order chi connectivity index (χ1) is 11.0. The maximum Gasteiger partial charge on any atom is 0.143 e. The summed E-state index contributed by atoms with van der Waals surface area (Å²) in [5.41, 5.74) is 0.992. The van der Waals surface area contributed by atoms with E-state index >= 15 is 0 Å². The summed E-state index contributed by atoms with van der Waals surface area (Å²) in [6.07, 6.45) is 5.26. The molecule has 1 unspecified atom stereocenters. The minimum atomic E-state index is 0.243. The monoisotopic (exact) mass is 322 g/mol. The number of rotatable bonds is 4. The molecule has 23 heavy (non-hydrogen) atoms. The molecule has 117 valence electrons. The first kappa shape index (κ1) is 15.8. The Morgan fingerprint density at radius 3 is 2.83 bits per heavy atom. The predicted molar refractivity (Wildman–Crippen MR) is 93.8 cm³/mol. The van der Waals surface area contributed by atoms with Crippen molar-refractivity contribution in [1.29, 1.82) is 5.26 Å². The molecule has 2 aromatic heterocycles. The highest BCUT2D eigenvalue weighted by atomic mass is 28.1. The molecule has 5 nitrogen and oxygen atoms in total. The van der Waals surface area contributed by atoms with Crippen molar-refractivity contribution in [2.75, 3.05) is 10.6 Å². The topological polar surface area (TPSA) is 73.6 Å². The third kappa shape index (κ3) is 3.62. The van der Waals surface area contributed by atoms with Crippen molar-refractivity contribution in [3.05, 3.63) is 24.0 Å². The molecule has 0 bridgehead atoms. The van der Waals surface area contributed by atoms with E-state index in [-0.39, 0.29) is 6.04 Å². The third-order valence-corrected chi connectivity index (χ3v) is 4.56. The molecule has 3 rings (SSSR count). The number of aromatic nitrogens is 2. The number of nitrogens with one attached hydrogen (secondary N) is 2. The Morgan fingerprint density at radius 1 is 1.35 bits per heavy atom. The van der Waals surface area contributed by atoms with Crippen molar-refractivity contribution in [3.63, 3.8) is 0 Å². The molecule has 1 aliphatic rings. The number of hydrogen-bond acceptors (Lipinski definition) is 5. The minimum Gasteiger partial charge on any atom is -0.367 e. The molecule has 2 heterocycles. The Labute approximate surface area is 139 Å². The average Bonchev–Trinajstić information content (AvgIpc) is 2.92. The molecule has 2 atom stereocenters. The summed E-state index contributed by atoms with van der Waals surface area (Å²) in [6, 6.07) is 6.61. The van der Waals surface area contributed by atoms with Gasteiger partial charge in [-0.25, -0.2) is 9.97 Å². The first-order valence-electron chi connectivity index (χ1n) is 8.00. The number of anilines is 2. The van der Waals surface area contributed by atoms with Gasteiger partial charge in [-0.05, 0) is 38.8 Å². The van der Waals surface area contributed by atoms with E-state index < -0.39 is 0 Å². The normalized spacial score (nSPS) is 20.7. The molecule has 0 aliphatic heterocycles. The smallest absolute Gasteiger partial charge is 0.143 e. The van der Waals surface area contributed by atoms with Gasteiger partial charge in [0, 0.05) is 39.3 Å². The quantitative estimate of drug-likeness (QED) is 0.845. The van der Waals surface area contributed by atoms with Crippen molar-refractivity contribution >= 4 is 32.7 Å². The van der Waals surface area contributed by atoms with Crippen LogP contribution in [0, 0.1) is 11.3 Å². The molecule has 0 saturated heterocycles. The number of pyridine rings is 2. The van der Waals surface area contributed by atoms with E-state index in [0.717, 1.165) is 35.2 Å². The van der Waals surface area contributed by atoms with Crippen LogP contribution in [0.3, 0.4) is 0 Å². The lowest BCUT2D eigenvalue weighted by atomic mass is 10.1. The molecule has 0 aromatic carbocycles. The zero-order valence-electron chi connectivity index (χ0n) is 13.4. The Balaban J connectivity index is 1.95. The van der Waals surface area contributed by atoms with Crippen molar-refractivity contribution < 1.29 is 0 Å². The van der Waals surface area contributed by atoms with E-state index in [9.17, 15) is 0 Å². The Bertz CT molecular complexity index is 752. The Kier molecular flexibility index (Phi) is 4.48. The number of hydrogen-bond donors (Lipinski definition) is 2. The fraction of sp³-hybridized carbons (Fsp3) is 0.471. The van der Waals surface area contributed by atoms with Crippen LogP contribution in [0.2, 0.25) is 5.54 Å². The van der Waals surface area contributed by atoms with E-state index in [1.54, 1.807) is 6.07 Å². The Hall–Kier alpha value is -2.13. The molecule has 0 amide bonds. The molecule has 6 heteroatoms.